The number of anilines is 1. The Morgan fingerprint density at radius 1 is 0.900 bits per heavy atom. The molecule has 12 heteroatoms. The number of non-ortho nitro benzene ring substituents is 1. The van der Waals surface area contributed by atoms with E-state index in [9.17, 15) is 29.3 Å². The van der Waals surface area contributed by atoms with E-state index < -0.39 is 28.7 Å². The average Bonchev–Trinajstić information content (AvgIpc) is 2.95. The second-order valence-electron chi connectivity index (χ2n) is 8.14. The lowest BCUT2D eigenvalue weighted by atomic mass is 10.1. The Kier molecular flexibility index (Phi) is 7.99. The number of hydrogen-bond donors (Lipinski definition) is 1. The van der Waals surface area contributed by atoms with E-state index in [2.05, 4.69) is 5.32 Å². The minimum absolute atomic E-state index is 0.0632. The molecule has 4 amide bonds. The Balaban J connectivity index is 1.54. The maximum absolute atomic E-state index is 13.2. The second kappa shape index (κ2) is 11.7. The fraction of sp³-hybridized carbons (Fsp3) is 0.0714. The van der Waals surface area contributed by atoms with Crippen LogP contribution in [-0.4, -0.2) is 43.0 Å². The number of esters is 1. The molecule has 0 unspecified atom stereocenters. The summed E-state index contributed by atoms with van der Waals surface area (Å²) in [7, 11) is 2.73. The van der Waals surface area contributed by atoms with Gasteiger partial charge in [0.2, 0.25) is 0 Å². The highest BCUT2D eigenvalue weighted by Crippen LogP contribution is 2.32. The van der Waals surface area contributed by atoms with Crippen LogP contribution in [-0.2, 0) is 14.4 Å². The summed E-state index contributed by atoms with van der Waals surface area (Å²) in [5.74, 6) is -2.03. The fourth-order valence-corrected chi connectivity index (χ4v) is 3.73. The molecule has 0 aromatic heterocycles. The largest absolute Gasteiger partial charge is 0.495 e. The van der Waals surface area contributed by atoms with Gasteiger partial charge in [0.1, 0.15) is 11.3 Å². The molecule has 1 aliphatic heterocycles. The van der Waals surface area contributed by atoms with E-state index in [0.29, 0.717) is 11.1 Å². The quantitative estimate of drug-likeness (QED) is 0.111. The first-order chi connectivity index (χ1) is 19.2. The number of methoxy groups -OCH3 is 2. The second-order valence-corrected chi connectivity index (χ2v) is 8.14. The van der Waals surface area contributed by atoms with Crippen molar-refractivity contribution in [2.24, 2.45) is 0 Å². The van der Waals surface area contributed by atoms with Crippen LogP contribution in [0.15, 0.2) is 78.4 Å². The van der Waals surface area contributed by atoms with E-state index in [-0.39, 0.29) is 34.2 Å². The zero-order valence-electron chi connectivity index (χ0n) is 21.2. The van der Waals surface area contributed by atoms with Gasteiger partial charge in [-0.05, 0) is 59.7 Å². The van der Waals surface area contributed by atoms with E-state index in [4.69, 9.17) is 14.2 Å². The van der Waals surface area contributed by atoms with Crippen molar-refractivity contribution in [3.63, 3.8) is 0 Å². The molecule has 1 heterocycles. The van der Waals surface area contributed by atoms with Gasteiger partial charge in [-0.3, -0.25) is 25.0 Å². The topological polar surface area (TPSA) is 154 Å². The average molecular weight is 543 g/mol. The molecule has 0 spiro atoms. The molecule has 4 rings (SSSR count). The molecule has 1 aliphatic rings. The van der Waals surface area contributed by atoms with Gasteiger partial charge in [-0.15, -0.1) is 0 Å². The first-order valence-electron chi connectivity index (χ1n) is 11.6. The van der Waals surface area contributed by atoms with Gasteiger partial charge in [0.05, 0.1) is 24.8 Å². The molecule has 1 N–H and O–H groups in total. The van der Waals surface area contributed by atoms with Crippen molar-refractivity contribution in [2.45, 2.75) is 0 Å². The van der Waals surface area contributed by atoms with Crippen molar-refractivity contribution < 1.29 is 38.3 Å². The summed E-state index contributed by atoms with van der Waals surface area (Å²) < 4.78 is 15.9. The van der Waals surface area contributed by atoms with Crippen molar-refractivity contribution in [3.05, 3.63) is 99.6 Å². The van der Waals surface area contributed by atoms with Crippen molar-refractivity contribution in [1.82, 2.24) is 5.32 Å². The zero-order valence-corrected chi connectivity index (χ0v) is 21.2. The highest BCUT2D eigenvalue weighted by Gasteiger charge is 2.38. The molecule has 3 aromatic carbocycles. The number of nitrogens with zero attached hydrogens (tertiary/aromatic N) is 2. The van der Waals surface area contributed by atoms with E-state index in [1.807, 2.05) is 0 Å². The number of nitro benzene ring substituents is 1. The molecular weight excluding hydrogens is 522 g/mol. The number of benzene rings is 3. The Morgan fingerprint density at radius 2 is 1.57 bits per heavy atom. The van der Waals surface area contributed by atoms with Crippen LogP contribution in [0.5, 0.6) is 17.2 Å². The van der Waals surface area contributed by atoms with E-state index >= 15 is 0 Å². The van der Waals surface area contributed by atoms with Gasteiger partial charge in [-0.25, -0.2) is 14.5 Å². The normalized spacial score (nSPS) is 14.3. The van der Waals surface area contributed by atoms with Crippen LogP contribution in [0.1, 0.15) is 11.1 Å². The molecule has 40 heavy (non-hydrogen) atoms. The molecule has 3 aromatic rings. The monoisotopic (exact) mass is 543 g/mol. The van der Waals surface area contributed by atoms with Crippen LogP contribution < -0.4 is 24.4 Å². The Hall–Kier alpha value is -5.78. The lowest BCUT2D eigenvalue weighted by Gasteiger charge is -2.27. The van der Waals surface area contributed by atoms with E-state index in [0.717, 1.165) is 11.0 Å². The molecule has 0 aliphatic carbocycles. The molecule has 202 valence electrons. The minimum atomic E-state index is -0.918. The number of hydrogen-bond acceptors (Lipinski definition) is 9. The van der Waals surface area contributed by atoms with Gasteiger partial charge >= 0.3 is 12.0 Å². The minimum Gasteiger partial charge on any atom is -0.495 e. The third-order valence-electron chi connectivity index (χ3n) is 5.65. The maximum Gasteiger partial charge on any atom is 0.336 e. The highest BCUT2D eigenvalue weighted by molar-refractivity contribution is 6.39. The van der Waals surface area contributed by atoms with E-state index in [1.165, 1.54) is 74.9 Å². The number of imide groups is 2. The Morgan fingerprint density at radius 3 is 2.25 bits per heavy atom. The van der Waals surface area contributed by atoms with Crippen molar-refractivity contribution in [2.75, 3.05) is 19.1 Å². The molecular formula is C28H21N3O9. The Labute approximate surface area is 227 Å². The van der Waals surface area contributed by atoms with Crippen molar-refractivity contribution in [1.29, 1.82) is 0 Å². The molecule has 0 atom stereocenters. The summed E-state index contributed by atoms with van der Waals surface area (Å²) in [6, 6.07) is 15.4. The number of barbiturate groups is 1. The number of urea groups is 1. The van der Waals surface area contributed by atoms with Gasteiger partial charge in [0, 0.05) is 18.2 Å². The third kappa shape index (κ3) is 5.86. The smallest absolute Gasteiger partial charge is 0.336 e. The first kappa shape index (κ1) is 27.3. The van der Waals surface area contributed by atoms with Crippen LogP contribution in [0, 0.1) is 10.1 Å². The van der Waals surface area contributed by atoms with E-state index in [1.54, 1.807) is 18.2 Å². The molecule has 1 saturated heterocycles. The van der Waals surface area contributed by atoms with Gasteiger partial charge in [0.15, 0.2) is 11.5 Å². The number of nitrogens with one attached hydrogen (secondary N) is 1. The SMILES string of the molecule is COc1cc(/C=C2\C(=O)NC(=O)N(c3ccccc3OC)C2=O)ccc1OC(=O)/C=C/c1ccc([N+](=O)[O-])cc1. The fourth-order valence-electron chi connectivity index (χ4n) is 3.73. The van der Waals surface area contributed by atoms with Gasteiger partial charge in [0.25, 0.3) is 17.5 Å². The molecule has 0 bridgehead atoms. The van der Waals surface area contributed by atoms with Crippen LogP contribution in [0.25, 0.3) is 12.2 Å². The van der Waals surface area contributed by atoms with Crippen molar-refractivity contribution >= 4 is 47.3 Å². The zero-order chi connectivity index (χ0) is 28.8. The number of rotatable bonds is 8. The Bertz CT molecular complexity index is 1580. The number of amides is 4. The number of ether oxygens (including phenoxy) is 3. The first-order valence-corrected chi connectivity index (χ1v) is 11.6. The maximum atomic E-state index is 13.2. The van der Waals surface area contributed by atoms with Gasteiger partial charge in [-0.1, -0.05) is 18.2 Å². The lowest BCUT2D eigenvalue weighted by Crippen LogP contribution is -2.54. The number of nitro groups is 1. The van der Waals surface area contributed by atoms with Crippen LogP contribution in [0.3, 0.4) is 0 Å². The van der Waals surface area contributed by atoms with Crippen molar-refractivity contribution in [3.8, 4) is 17.2 Å². The van der Waals surface area contributed by atoms with Crippen LogP contribution in [0.4, 0.5) is 16.2 Å². The number of para-hydroxylation sites is 2. The van der Waals surface area contributed by atoms with Gasteiger partial charge in [-0.2, -0.15) is 0 Å². The van der Waals surface area contributed by atoms with Gasteiger partial charge < -0.3 is 14.2 Å². The highest BCUT2D eigenvalue weighted by atomic mass is 16.6. The summed E-state index contributed by atoms with van der Waals surface area (Å²) in [5.41, 5.74) is 0.667. The predicted octanol–water partition coefficient (Wildman–Crippen LogP) is 3.90. The molecule has 12 nitrogen and oxygen atoms in total. The third-order valence-corrected chi connectivity index (χ3v) is 5.65. The molecule has 0 radical (unpaired) electrons. The predicted molar refractivity (Wildman–Crippen MR) is 143 cm³/mol. The summed E-state index contributed by atoms with van der Waals surface area (Å²) >= 11 is 0. The van der Waals surface area contributed by atoms with Crippen LogP contribution >= 0.6 is 0 Å². The summed E-state index contributed by atoms with van der Waals surface area (Å²) in [4.78, 5) is 61.6. The number of carbonyl (C=O) groups excluding carboxylic acids is 4. The number of carbonyl (C=O) groups is 4. The standard InChI is InChI=1S/C28H21N3O9/c1-38-22-6-4-3-5-21(22)30-27(34)20(26(33)29-28(30)35)15-18-9-13-23(24(16-18)39-2)40-25(32)14-10-17-7-11-19(12-8-17)31(36)37/h3-16H,1-2H3,(H,29,33,35)/b14-10+,20-15+. The lowest BCUT2D eigenvalue weighted by molar-refractivity contribution is -0.384. The molecule has 0 saturated carbocycles. The summed E-state index contributed by atoms with van der Waals surface area (Å²) in [6.45, 7) is 0. The summed E-state index contributed by atoms with van der Waals surface area (Å²) in [5, 5.41) is 12.9. The van der Waals surface area contributed by atoms with Crippen LogP contribution in [0.2, 0.25) is 0 Å². The molecule has 1 fully saturated rings. The summed E-state index contributed by atoms with van der Waals surface area (Å²) in [6.07, 6.45) is 3.85.